The average molecular weight is 342 g/mol. The Balaban J connectivity index is 1.92. The number of hydrogen-bond donors (Lipinski definition) is 0. The molecule has 25 heavy (non-hydrogen) atoms. The van der Waals surface area contributed by atoms with Gasteiger partial charge in [0, 0.05) is 18.3 Å². The highest BCUT2D eigenvalue weighted by atomic mass is 16.5. The molecule has 0 radical (unpaired) electrons. The molecule has 0 saturated carbocycles. The van der Waals surface area contributed by atoms with Crippen molar-refractivity contribution in [1.29, 1.82) is 0 Å². The van der Waals surface area contributed by atoms with E-state index in [4.69, 9.17) is 14.2 Å². The van der Waals surface area contributed by atoms with Crippen LogP contribution in [0.3, 0.4) is 0 Å². The van der Waals surface area contributed by atoms with E-state index in [1.165, 1.54) is 37.9 Å². The average Bonchev–Trinajstić information content (AvgIpc) is 2.67. The van der Waals surface area contributed by atoms with Gasteiger partial charge in [0.15, 0.2) is 11.5 Å². The number of methoxy groups -OCH3 is 3. The maximum atomic E-state index is 5.60. The molecule has 0 aliphatic carbocycles. The maximum Gasteiger partial charge on any atom is 0.203 e. The first-order valence-corrected chi connectivity index (χ1v) is 8.73. The van der Waals surface area contributed by atoms with Crippen LogP contribution < -0.4 is 14.2 Å². The predicted molar refractivity (Wildman–Crippen MR) is 98.5 cm³/mol. The van der Waals surface area contributed by atoms with Crippen LogP contribution in [-0.4, -0.2) is 44.3 Å². The Morgan fingerprint density at radius 3 is 2.36 bits per heavy atom. The lowest BCUT2D eigenvalue weighted by Crippen LogP contribution is -2.29. The van der Waals surface area contributed by atoms with E-state index < -0.39 is 0 Å². The molecule has 1 aliphatic rings. The molecule has 2 aromatic rings. The summed E-state index contributed by atoms with van der Waals surface area (Å²) >= 11 is 0. The molecule has 1 aliphatic heterocycles. The zero-order valence-corrected chi connectivity index (χ0v) is 15.2. The van der Waals surface area contributed by atoms with Crippen LogP contribution in [0.1, 0.15) is 24.8 Å². The molecule has 0 atom stereocenters. The number of hydrogen-bond acceptors (Lipinski definition) is 5. The number of likely N-dealkylation sites (tertiary alicyclic amines) is 1. The van der Waals surface area contributed by atoms with Crippen LogP contribution in [0.2, 0.25) is 0 Å². The molecule has 5 heteroatoms. The highest BCUT2D eigenvalue weighted by molar-refractivity contribution is 5.74. The molecule has 1 aromatic heterocycles. The summed E-state index contributed by atoms with van der Waals surface area (Å²) in [5, 5.41) is 0. The first-order chi connectivity index (χ1) is 12.3. The van der Waals surface area contributed by atoms with E-state index in [-0.39, 0.29) is 0 Å². The van der Waals surface area contributed by atoms with Crippen LogP contribution in [-0.2, 0) is 6.54 Å². The van der Waals surface area contributed by atoms with Crippen LogP contribution in [0, 0.1) is 0 Å². The summed E-state index contributed by atoms with van der Waals surface area (Å²) in [4.78, 5) is 7.06. The lowest BCUT2D eigenvalue weighted by Gasteiger charge is -2.26. The largest absolute Gasteiger partial charge is 0.493 e. The zero-order chi connectivity index (χ0) is 17.6. The highest BCUT2D eigenvalue weighted by Gasteiger charge is 2.18. The number of benzene rings is 1. The molecule has 0 spiro atoms. The third kappa shape index (κ3) is 3.87. The van der Waals surface area contributed by atoms with E-state index >= 15 is 0 Å². The quantitative estimate of drug-likeness (QED) is 0.800. The minimum Gasteiger partial charge on any atom is -0.493 e. The van der Waals surface area contributed by atoms with Gasteiger partial charge in [-0.3, -0.25) is 9.88 Å². The van der Waals surface area contributed by atoms with E-state index in [9.17, 15) is 0 Å². The standard InChI is InChI=1S/C20H26N2O3/c1-23-18-8-7-16(19(24-2)20(18)25-3)17-13-15(9-10-21-17)14-22-11-5-4-6-12-22/h7-10,13H,4-6,11-12,14H2,1-3H3. The topological polar surface area (TPSA) is 43.8 Å². The second-order valence-corrected chi connectivity index (χ2v) is 6.27. The molecule has 134 valence electrons. The van der Waals surface area contributed by atoms with Gasteiger partial charge in [-0.2, -0.15) is 0 Å². The number of rotatable bonds is 6. The van der Waals surface area contributed by atoms with Crippen molar-refractivity contribution in [2.45, 2.75) is 25.8 Å². The van der Waals surface area contributed by atoms with Crippen LogP contribution in [0.25, 0.3) is 11.3 Å². The lowest BCUT2D eigenvalue weighted by molar-refractivity contribution is 0.221. The Kier molecular flexibility index (Phi) is 5.76. The van der Waals surface area contributed by atoms with E-state index in [1.54, 1.807) is 21.3 Å². The second-order valence-electron chi connectivity index (χ2n) is 6.27. The van der Waals surface area contributed by atoms with Crippen molar-refractivity contribution in [3.63, 3.8) is 0 Å². The van der Waals surface area contributed by atoms with Gasteiger partial charge < -0.3 is 14.2 Å². The minimum atomic E-state index is 0.589. The molecule has 2 heterocycles. The highest BCUT2D eigenvalue weighted by Crippen LogP contribution is 2.43. The number of pyridine rings is 1. The van der Waals surface area contributed by atoms with Crippen molar-refractivity contribution < 1.29 is 14.2 Å². The molecular formula is C20H26N2O3. The summed E-state index contributed by atoms with van der Waals surface area (Å²) in [5.41, 5.74) is 3.05. The SMILES string of the molecule is COc1ccc(-c2cc(CN3CCCCC3)ccn2)c(OC)c1OC. The molecule has 5 nitrogen and oxygen atoms in total. The van der Waals surface area contributed by atoms with Gasteiger partial charge in [-0.1, -0.05) is 6.42 Å². The fourth-order valence-electron chi connectivity index (χ4n) is 3.40. The van der Waals surface area contributed by atoms with Gasteiger partial charge in [-0.15, -0.1) is 0 Å². The number of piperidine rings is 1. The van der Waals surface area contributed by atoms with E-state index in [0.717, 1.165) is 17.8 Å². The van der Waals surface area contributed by atoms with Gasteiger partial charge in [0.05, 0.1) is 27.0 Å². The number of nitrogens with zero attached hydrogens (tertiary/aromatic N) is 2. The van der Waals surface area contributed by atoms with Crippen molar-refractivity contribution in [1.82, 2.24) is 9.88 Å². The second kappa shape index (κ2) is 8.21. The predicted octanol–water partition coefficient (Wildman–Crippen LogP) is 3.76. The van der Waals surface area contributed by atoms with Crippen LogP contribution in [0.5, 0.6) is 17.2 Å². The van der Waals surface area contributed by atoms with Gasteiger partial charge in [0.2, 0.25) is 5.75 Å². The van der Waals surface area contributed by atoms with Gasteiger partial charge in [-0.05, 0) is 55.8 Å². The molecule has 1 saturated heterocycles. The summed E-state index contributed by atoms with van der Waals surface area (Å²) in [6, 6.07) is 8.08. The molecule has 1 aromatic carbocycles. The van der Waals surface area contributed by atoms with E-state index in [2.05, 4.69) is 22.0 Å². The van der Waals surface area contributed by atoms with Gasteiger partial charge in [0.25, 0.3) is 0 Å². The van der Waals surface area contributed by atoms with Crippen molar-refractivity contribution in [2.24, 2.45) is 0 Å². The van der Waals surface area contributed by atoms with Crippen molar-refractivity contribution in [3.05, 3.63) is 36.0 Å². The van der Waals surface area contributed by atoms with Crippen LogP contribution in [0.4, 0.5) is 0 Å². The van der Waals surface area contributed by atoms with Crippen LogP contribution in [0.15, 0.2) is 30.5 Å². The van der Waals surface area contributed by atoms with Crippen LogP contribution >= 0.6 is 0 Å². The molecular weight excluding hydrogens is 316 g/mol. The molecule has 0 N–H and O–H groups in total. The summed E-state index contributed by atoms with van der Waals surface area (Å²) in [5.74, 6) is 1.88. The number of ether oxygens (including phenoxy) is 3. The summed E-state index contributed by atoms with van der Waals surface area (Å²) in [6.07, 6.45) is 5.80. The lowest BCUT2D eigenvalue weighted by atomic mass is 10.1. The number of aromatic nitrogens is 1. The summed E-state index contributed by atoms with van der Waals surface area (Å²) in [7, 11) is 4.87. The molecule has 1 fully saturated rings. The van der Waals surface area contributed by atoms with Gasteiger partial charge >= 0.3 is 0 Å². The molecule has 0 bridgehead atoms. The first kappa shape index (κ1) is 17.5. The molecule has 3 rings (SSSR count). The van der Waals surface area contributed by atoms with Gasteiger partial charge in [-0.25, -0.2) is 0 Å². The Hall–Kier alpha value is -2.27. The fraction of sp³-hybridized carbons (Fsp3) is 0.450. The zero-order valence-electron chi connectivity index (χ0n) is 15.2. The normalized spacial score (nSPS) is 15.0. The maximum absolute atomic E-state index is 5.60. The Labute approximate surface area is 149 Å². The monoisotopic (exact) mass is 342 g/mol. The Morgan fingerprint density at radius 1 is 0.920 bits per heavy atom. The summed E-state index contributed by atoms with van der Waals surface area (Å²) in [6.45, 7) is 3.32. The van der Waals surface area contributed by atoms with Crippen molar-refractivity contribution in [3.8, 4) is 28.5 Å². The third-order valence-electron chi connectivity index (χ3n) is 4.66. The fourth-order valence-corrected chi connectivity index (χ4v) is 3.40. The third-order valence-corrected chi connectivity index (χ3v) is 4.66. The van der Waals surface area contributed by atoms with E-state index in [0.29, 0.717) is 17.2 Å². The Bertz CT molecular complexity index is 712. The molecule has 0 amide bonds. The van der Waals surface area contributed by atoms with Gasteiger partial charge in [0.1, 0.15) is 0 Å². The molecule has 0 unspecified atom stereocenters. The first-order valence-electron chi connectivity index (χ1n) is 8.73. The van der Waals surface area contributed by atoms with E-state index in [1.807, 2.05) is 18.3 Å². The van der Waals surface area contributed by atoms with Crippen molar-refractivity contribution in [2.75, 3.05) is 34.4 Å². The minimum absolute atomic E-state index is 0.589. The smallest absolute Gasteiger partial charge is 0.203 e. The Morgan fingerprint density at radius 2 is 1.68 bits per heavy atom. The van der Waals surface area contributed by atoms with Crippen molar-refractivity contribution >= 4 is 0 Å². The summed E-state index contributed by atoms with van der Waals surface area (Å²) < 4.78 is 16.4.